The van der Waals surface area contributed by atoms with Crippen LogP contribution in [0.2, 0.25) is 0 Å². The normalized spacial score (nSPS) is 10.4. The van der Waals surface area contributed by atoms with Crippen molar-refractivity contribution in [2.75, 3.05) is 5.73 Å². The van der Waals surface area contributed by atoms with Crippen molar-refractivity contribution >= 4 is 37.5 Å². The molecule has 3 heteroatoms. The van der Waals surface area contributed by atoms with E-state index in [1.54, 1.807) is 0 Å². The van der Waals surface area contributed by atoms with Crippen LogP contribution in [0.4, 0.5) is 5.69 Å². The van der Waals surface area contributed by atoms with Crippen molar-refractivity contribution in [3.8, 4) is 0 Å². The van der Waals surface area contributed by atoms with Crippen molar-refractivity contribution in [3.63, 3.8) is 0 Å². The molecule has 0 aliphatic heterocycles. The highest BCUT2D eigenvalue weighted by Crippen LogP contribution is 2.29. The summed E-state index contributed by atoms with van der Waals surface area (Å²) in [5, 5.41) is 0. The molecule has 0 heterocycles. The van der Waals surface area contributed by atoms with Crippen LogP contribution in [-0.2, 0) is 6.42 Å². The molecule has 1 nitrogen and oxygen atoms in total. The molecule has 0 saturated carbocycles. The maximum atomic E-state index is 6.03. The fraction of sp³-hybridized carbons (Fsp3) is 0.0769. The number of rotatable bonds is 2. The molecule has 2 aromatic rings. The Bertz CT molecular complexity index is 495. The Morgan fingerprint density at radius 3 is 2.38 bits per heavy atom. The molecular weight excluding hydrogens is 330 g/mol. The molecule has 82 valence electrons. The van der Waals surface area contributed by atoms with Gasteiger partial charge in [0.05, 0.1) is 0 Å². The van der Waals surface area contributed by atoms with E-state index in [0.717, 1.165) is 26.6 Å². The lowest BCUT2D eigenvalue weighted by Crippen LogP contribution is -1.97. The first kappa shape index (κ1) is 11.7. The van der Waals surface area contributed by atoms with Gasteiger partial charge in [0.15, 0.2) is 0 Å². The summed E-state index contributed by atoms with van der Waals surface area (Å²) in [6, 6.07) is 14.3. The summed E-state index contributed by atoms with van der Waals surface area (Å²) < 4.78 is 1.98. The van der Waals surface area contributed by atoms with E-state index in [9.17, 15) is 0 Å². The number of anilines is 1. The molecule has 0 atom stereocenters. The predicted molar refractivity (Wildman–Crippen MR) is 75.5 cm³/mol. The molecule has 0 amide bonds. The SMILES string of the molecule is Nc1c(Br)cc(Br)cc1Cc1ccccc1. The largest absolute Gasteiger partial charge is 0.398 e. The maximum absolute atomic E-state index is 6.03. The van der Waals surface area contributed by atoms with Crippen LogP contribution in [0.15, 0.2) is 51.4 Å². The molecule has 0 aliphatic rings. The van der Waals surface area contributed by atoms with Crippen LogP contribution in [0.3, 0.4) is 0 Å². The van der Waals surface area contributed by atoms with Gasteiger partial charge in [-0.25, -0.2) is 0 Å². The number of benzene rings is 2. The van der Waals surface area contributed by atoms with Crippen molar-refractivity contribution in [3.05, 3.63) is 62.5 Å². The van der Waals surface area contributed by atoms with Crippen molar-refractivity contribution in [1.29, 1.82) is 0 Å². The first-order valence-electron chi connectivity index (χ1n) is 4.94. The molecule has 16 heavy (non-hydrogen) atoms. The van der Waals surface area contributed by atoms with E-state index in [0.29, 0.717) is 0 Å². The van der Waals surface area contributed by atoms with Gasteiger partial charge in [-0.1, -0.05) is 46.3 Å². The molecule has 0 bridgehead atoms. The Kier molecular flexibility index (Phi) is 3.66. The number of hydrogen-bond donors (Lipinski definition) is 1. The highest BCUT2D eigenvalue weighted by molar-refractivity contribution is 9.11. The summed E-state index contributed by atoms with van der Waals surface area (Å²) in [6.07, 6.45) is 0.852. The zero-order chi connectivity index (χ0) is 11.5. The van der Waals surface area contributed by atoms with Gasteiger partial charge in [-0.2, -0.15) is 0 Å². The van der Waals surface area contributed by atoms with E-state index in [4.69, 9.17) is 5.73 Å². The van der Waals surface area contributed by atoms with Crippen LogP contribution in [0.25, 0.3) is 0 Å². The van der Waals surface area contributed by atoms with Gasteiger partial charge in [0, 0.05) is 14.6 Å². The minimum Gasteiger partial charge on any atom is -0.398 e. The van der Waals surface area contributed by atoms with Gasteiger partial charge in [0.2, 0.25) is 0 Å². The fourth-order valence-corrected chi connectivity index (χ4v) is 2.91. The Morgan fingerprint density at radius 1 is 1.00 bits per heavy atom. The zero-order valence-electron chi connectivity index (χ0n) is 8.58. The van der Waals surface area contributed by atoms with Crippen molar-refractivity contribution < 1.29 is 0 Å². The van der Waals surface area contributed by atoms with Crippen LogP contribution in [0.1, 0.15) is 11.1 Å². The molecule has 0 radical (unpaired) electrons. The highest BCUT2D eigenvalue weighted by atomic mass is 79.9. The molecule has 0 saturated heterocycles. The molecule has 2 rings (SSSR count). The Labute approximate surface area is 112 Å². The Hall–Kier alpha value is -0.800. The quantitative estimate of drug-likeness (QED) is 0.806. The number of hydrogen-bond acceptors (Lipinski definition) is 1. The molecule has 0 spiro atoms. The topological polar surface area (TPSA) is 26.0 Å². The van der Waals surface area contributed by atoms with E-state index in [-0.39, 0.29) is 0 Å². The molecule has 0 aliphatic carbocycles. The summed E-state index contributed by atoms with van der Waals surface area (Å²) >= 11 is 6.93. The van der Waals surface area contributed by atoms with Crippen molar-refractivity contribution in [2.24, 2.45) is 0 Å². The predicted octanol–water partition coefficient (Wildman–Crippen LogP) is 4.38. The van der Waals surface area contributed by atoms with Gasteiger partial charge in [0.25, 0.3) is 0 Å². The molecule has 2 aromatic carbocycles. The lowest BCUT2D eigenvalue weighted by atomic mass is 10.0. The fourth-order valence-electron chi connectivity index (χ4n) is 1.60. The molecule has 0 fully saturated rings. The Morgan fingerprint density at radius 2 is 1.69 bits per heavy atom. The third-order valence-corrected chi connectivity index (χ3v) is 3.53. The van der Waals surface area contributed by atoms with Crippen molar-refractivity contribution in [2.45, 2.75) is 6.42 Å². The van der Waals surface area contributed by atoms with Crippen LogP contribution >= 0.6 is 31.9 Å². The van der Waals surface area contributed by atoms with E-state index < -0.39 is 0 Å². The summed E-state index contributed by atoms with van der Waals surface area (Å²) in [7, 11) is 0. The lowest BCUT2D eigenvalue weighted by molar-refractivity contribution is 1.19. The van der Waals surface area contributed by atoms with E-state index >= 15 is 0 Å². The van der Waals surface area contributed by atoms with E-state index in [1.807, 2.05) is 24.3 Å². The average molecular weight is 341 g/mol. The monoisotopic (exact) mass is 339 g/mol. The summed E-state index contributed by atoms with van der Waals surface area (Å²) in [5.74, 6) is 0. The number of nitrogens with two attached hydrogens (primary N) is 1. The minimum absolute atomic E-state index is 0.812. The smallest absolute Gasteiger partial charge is 0.0495 e. The van der Waals surface area contributed by atoms with Gasteiger partial charge >= 0.3 is 0 Å². The zero-order valence-corrected chi connectivity index (χ0v) is 11.8. The second kappa shape index (κ2) is 5.02. The highest BCUT2D eigenvalue weighted by Gasteiger charge is 2.05. The Balaban J connectivity index is 2.35. The van der Waals surface area contributed by atoms with Gasteiger partial charge < -0.3 is 5.73 Å². The summed E-state index contributed by atoms with van der Waals surface area (Å²) in [4.78, 5) is 0. The second-order valence-corrected chi connectivity index (χ2v) is 5.39. The molecular formula is C13H11Br2N. The molecule has 0 unspecified atom stereocenters. The first-order valence-corrected chi connectivity index (χ1v) is 6.53. The third-order valence-electron chi connectivity index (χ3n) is 2.42. The third kappa shape index (κ3) is 2.66. The number of nitrogen functional groups attached to an aromatic ring is 1. The first-order chi connectivity index (χ1) is 7.66. The van der Waals surface area contributed by atoms with Crippen molar-refractivity contribution in [1.82, 2.24) is 0 Å². The van der Waals surface area contributed by atoms with Crippen LogP contribution < -0.4 is 5.73 Å². The molecule has 0 aromatic heterocycles. The van der Waals surface area contributed by atoms with Crippen LogP contribution in [0, 0.1) is 0 Å². The van der Waals surface area contributed by atoms with Crippen LogP contribution in [-0.4, -0.2) is 0 Å². The molecule has 2 N–H and O–H groups in total. The maximum Gasteiger partial charge on any atom is 0.0495 e. The van der Waals surface area contributed by atoms with E-state index in [1.165, 1.54) is 5.56 Å². The van der Waals surface area contributed by atoms with E-state index in [2.05, 4.69) is 50.1 Å². The second-order valence-electron chi connectivity index (χ2n) is 3.62. The average Bonchev–Trinajstić information content (AvgIpc) is 2.27. The summed E-state index contributed by atoms with van der Waals surface area (Å²) in [6.45, 7) is 0. The van der Waals surface area contributed by atoms with Gasteiger partial charge in [-0.3, -0.25) is 0 Å². The minimum atomic E-state index is 0.812. The van der Waals surface area contributed by atoms with Gasteiger partial charge in [-0.05, 0) is 45.6 Å². The summed E-state index contributed by atoms with van der Waals surface area (Å²) in [5.41, 5.74) is 9.24. The lowest BCUT2D eigenvalue weighted by Gasteiger charge is -2.08. The van der Waals surface area contributed by atoms with Gasteiger partial charge in [-0.15, -0.1) is 0 Å². The number of halogens is 2. The van der Waals surface area contributed by atoms with Crippen LogP contribution in [0.5, 0.6) is 0 Å². The standard InChI is InChI=1S/C13H11Br2N/c14-11-7-10(13(16)12(15)8-11)6-9-4-2-1-3-5-9/h1-5,7-8H,6,16H2. The van der Waals surface area contributed by atoms with Gasteiger partial charge in [0.1, 0.15) is 0 Å².